The number of piperazine rings is 1. The van der Waals surface area contributed by atoms with Gasteiger partial charge in [0.1, 0.15) is 5.75 Å². The summed E-state index contributed by atoms with van der Waals surface area (Å²) in [4.78, 5) is 26.1. The van der Waals surface area contributed by atoms with Crippen LogP contribution in [0.1, 0.15) is 6.92 Å². The molecule has 1 unspecified atom stereocenters. The zero-order chi connectivity index (χ0) is 15.4. The van der Waals surface area contributed by atoms with Crippen molar-refractivity contribution in [3.05, 3.63) is 28.7 Å². The van der Waals surface area contributed by atoms with E-state index < -0.39 is 12.2 Å². The highest BCUT2D eigenvalue weighted by Gasteiger charge is 2.27. The first-order valence-electron chi connectivity index (χ1n) is 6.66. The van der Waals surface area contributed by atoms with E-state index in [0.29, 0.717) is 31.9 Å². The molecule has 0 bridgehead atoms. The Hall–Kier alpha value is -1.76. The summed E-state index contributed by atoms with van der Waals surface area (Å²) in [6.07, 6.45) is -1.54. The number of hydrogen-bond acceptors (Lipinski definition) is 3. The SMILES string of the molecule is CC(Oc1ccc(Br)cc1)C(=O)N1CCN(C(=O)O)CC1. The fraction of sp³-hybridized carbons (Fsp3) is 0.429. The van der Waals surface area contributed by atoms with Gasteiger partial charge in [-0.25, -0.2) is 4.79 Å². The van der Waals surface area contributed by atoms with Crippen LogP contribution in [0, 0.1) is 0 Å². The van der Waals surface area contributed by atoms with Gasteiger partial charge in [-0.3, -0.25) is 4.79 Å². The lowest BCUT2D eigenvalue weighted by molar-refractivity contribution is -0.139. The standard InChI is InChI=1S/C14H17BrN2O4/c1-10(21-12-4-2-11(15)3-5-12)13(18)16-6-8-17(9-7-16)14(19)20/h2-5,10H,6-9H2,1H3,(H,19,20). The summed E-state index contributed by atoms with van der Waals surface area (Å²) in [6.45, 7) is 3.18. The maximum Gasteiger partial charge on any atom is 0.407 e. The van der Waals surface area contributed by atoms with Crippen LogP contribution in [-0.2, 0) is 4.79 Å². The van der Waals surface area contributed by atoms with Gasteiger partial charge in [0.05, 0.1) is 0 Å². The third-order valence-corrected chi connectivity index (χ3v) is 3.86. The molecule has 2 amide bonds. The number of amides is 2. The molecule has 7 heteroatoms. The van der Waals surface area contributed by atoms with E-state index in [1.807, 2.05) is 12.1 Å². The molecule has 1 aromatic carbocycles. The zero-order valence-electron chi connectivity index (χ0n) is 11.7. The van der Waals surface area contributed by atoms with E-state index in [4.69, 9.17) is 9.84 Å². The second-order valence-corrected chi connectivity index (χ2v) is 5.72. The predicted molar refractivity (Wildman–Crippen MR) is 80.4 cm³/mol. The molecule has 21 heavy (non-hydrogen) atoms. The van der Waals surface area contributed by atoms with E-state index in [2.05, 4.69) is 15.9 Å². The maximum atomic E-state index is 12.3. The molecule has 1 aliphatic heterocycles. The monoisotopic (exact) mass is 356 g/mol. The van der Waals surface area contributed by atoms with Crippen molar-refractivity contribution in [3.8, 4) is 5.75 Å². The third kappa shape index (κ3) is 4.10. The molecule has 0 radical (unpaired) electrons. The average molecular weight is 357 g/mol. The fourth-order valence-electron chi connectivity index (χ4n) is 2.14. The summed E-state index contributed by atoms with van der Waals surface area (Å²) in [6, 6.07) is 7.27. The Labute approximate surface area is 131 Å². The van der Waals surface area contributed by atoms with Crippen molar-refractivity contribution in [2.45, 2.75) is 13.0 Å². The molecule has 0 aliphatic carbocycles. The van der Waals surface area contributed by atoms with Crippen molar-refractivity contribution in [2.75, 3.05) is 26.2 Å². The largest absolute Gasteiger partial charge is 0.481 e. The molecule has 2 rings (SSSR count). The van der Waals surface area contributed by atoms with E-state index in [1.54, 1.807) is 24.0 Å². The van der Waals surface area contributed by atoms with E-state index in [-0.39, 0.29) is 5.91 Å². The molecule has 1 aliphatic rings. The van der Waals surface area contributed by atoms with Crippen molar-refractivity contribution in [1.29, 1.82) is 0 Å². The molecule has 0 aromatic heterocycles. The van der Waals surface area contributed by atoms with Crippen LogP contribution in [0.4, 0.5) is 4.79 Å². The van der Waals surface area contributed by atoms with Gasteiger partial charge in [-0.1, -0.05) is 15.9 Å². The third-order valence-electron chi connectivity index (χ3n) is 3.34. The highest BCUT2D eigenvalue weighted by molar-refractivity contribution is 9.10. The number of ether oxygens (including phenoxy) is 1. The lowest BCUT2D eigenvalue weighted by Gasteiger charge is -2.34. The normalized spacial score (nSPS) is 16.5. The van der Waals surface area contributed by atoms with Crippen LogP contribution >= 0.6 is 15.9 Å². The van der Waals surface area contributed by atoms with Gasteiger partial charge in [-0.05, 0) is 31.2 Å². The molecule has 6 nitrogen and oxygen atoms in total. The van der Waals surface area contributed by atoms with Gasteiger partial charge >= 0.3 is 6.09 Å². The predicted octanol–water partition coefficient (Wildman–Crippen LogP) is 2.04. The van der Waals surface area contributed by atoms with Gasteiger partial charge in [0.2, 0.25) is 0 Å². The molecule has 1 heterocycles. The number of halogens is 1. The van der Waals surface area contributed by atoms with Gasteiger partial charge in [-0.15, -0.1) is 0 Å². The number of carbonyl (C=O) groups is 2. The number of nitrogens with zero attached hydrogens (tertiary/aromatic N) is 2. The smallest absolute Gasteiger partial charge is 0.407 e. The molecule has 0 saturated carbocycles. The summed E-state index contributed by atoms with van der Waals surface area (Å²) < 4.78 is 6.56. The first-order chi connectivity index (χ1) is 9.97. The Kier molecular flexibility index (Phi) is 5.06. The molecule has 0 spiro atoms. The fourth-order valence-corrected chi connectivity index (χ4v) is 2.41. The second kappa shape index (κ2) is 6.80. The van der Waals surface area contributed by atoms with E-state index in [0.717, 1.165) is 4.47 Å². The van der Waals surface area contributed by atoms with Crippen LogP contribution in [0.2, 0.25) is 0 Å². The van der Waals surface area contributed by atoms with Gasteiger partial charge in [-0.2, -0.15) is 0 Å². The summed E-state index contributed by atoms with van der Waals surface area (Å²) in [5, 5.41) is 8.88. The van der Waals surface area contributed by atoms with Crippen LogP contribution in [0.3, 0.4) is 0 Å². The Bertz CT molecular complexity index is 512. The van der Waals surface area contributed by atoms with Crippen molar-refractivity contribution >= 4 is 27.9 Å². The molecule has 1 aromatic rings. The van der Waals surface area contributed by atoms with Crippen LogP contribution < -0.4 is 4.74 Å². The first kappa shape index (κ1) is 15.6. The van der Waals surface area contributed by atoms with Crippen molar-refractivity contribution < 1.29 is 19.4 Å². The van der Waals surface area contributed by atoms with Crippen molar-refractivity contribution in [1.82, 2.24) is 9.80 Å². The Morgan fingerprint density at radius 3 is 2.19 bits per heavy atom. The van der Waals surface area contributed by atoms with E-state index in [1.165, 1.54) is 4.90 Å². The maximum absolute atomic E-state index is 12.3. The first-order valence-corrected chi connectivity index (χ1v) is 7.45. The van der Waals surface area contributed by atoms with Crippen LogP contribution in [-0.4, -0.2) is 59.2 Å². The van der Waals surface area contributed by atoms with Gasteiger partial charge in [0.25, 0.3) is 5.91 Å². The zero-order valence-corrected chi connectivity index (χ0v) is 13.2. The average Bonchev–Trinajstić information content (AvgIpc) is 2.49. The van der Waals surface area contributed by atoms with E-state index >= 15 is 0 Å². The summed E-state index contributed by atoms with van der Waals surface area (Å²) in [5.41, 5.74) is 0. The lowest BCUT2D eigenvalue weighted by atomic mass is 10.2. The quantitative estimate of drug-likeness (QED) is 0.899. The summed E-state index contributed by atoms with van der Waals surface area (Å²) >= 11 is 3.34. The molecule has 1 fully saturated rings. The second-order valence-electron chi connectivity index (χ2n) is 4.81. The van der Waals surface area contributed by atoms with Crippen LogP contribution in [0.25, 0.3) is 0 Å². The molecule has 1 N–H and O–H groups in total. The van der Waals surface area contributed by atoms with Gasteiger partial charge in [0.15, 0.2) is 6.10 Å². The highest BCUT2D eigenvalue weighted by Crippen LogP contribution is 2.18. The number of carboxylic acid groups (broad SMARTS) is 1. The van der Waals surface area contributed by atoms with Crippen molar-refractivity contribution in [3.63, 3.8) is 0 Å². The Morgan fingerprint density at radius 2 is 1.67 bits per heavy atom. The van der Waals surface area contributed by atoms with Gasteiger partial charge < -0.3 is 19.6 Å². The van der Waals surface area contributed by atoms with Crippen molar-refractivity contribution in [2.24, 2.45) is 0 Å². The molecular weight excluding hydrogens is 340 g/mol. The Morgan fingerprint density at radius 1 is 1.14 bits per heavy atom. The highest BCUT2D eigenvalue weighted by atomic mass is 79.9. The number of carbonyl (C=O) groups excluding carboxylic acids is 1. The van der Waals surface area contributed by atoms with E-state index in [9.17, 15) is 9.59 Å². The summed E-state index contributed by atoms with van der Waals surface area (Å²) in [7, 11) is 0. The minimum Gasteiger partial charge on any atom is -0.481 e. The summed E-state index contributed by atoms with van der Waals surface area (Å²) in [5.74, 6) is 0.506. The number of benzene rings is 1. The Balaban J connectivity index is 1.88. The number of hydrogen-bond donors (Lipinski definition) is 1. The topological polar surface area (TPSA) is 70.1 Å². The minimum atomic E-state index is -0.943. The minimum absolute atomic E-state index is 0.122. The molecule has 114 valence electrons. The van der Waals surface area contributed by atoms with Crippen LogP contribution in [0.15, 0.2) is 28.7 Å². The molecule has 1 atom stereocenters. The van der Waals surface area contributed by atoms with Gasteiger partial charge in [0, 0.05) is 30.7 Å². The molecular formula is C14H17BrN2O4. The van der Waals surface area contributed by atoms with Crippen LogP contribution in [0.5, 0.6) is 5.75 Å². The molecule has 1 saturated heterocycles. The number of rotatable bonds is 3. The lowest BCUT2D eigenvalue weighted by Crippen LogP contribution is -2.53.